The summed E-state index contributed by atoms with van der Waals surface area (Å²) in [6.45, 7) is 11.3. The van der Waals surface area contributed by atoms with E-state index < -0.39 is 5.60 Å². The Morgan fingerprint density at radius 1 is 1.23 bits per heavy atom. The maximum atomic E-state index is 12.0. The van der Waals surface area contributed by atoms with Crippen LogP contribution in [0.1, 0.15) is 26.3 Å². The zero-order valence-corrected chi connectivity index (χ0v) is 14.0. The van der Waals surface area contributed by atoms with Crippen molar-refractivity contribution in [2.24, 2.45) is 0 Å². The van der Waals surface area contributed by atoms with Gasteiger partial charge in [0.25, 0.3) is 0 Å². The lowest BCUT2D eigenvalue weighted by Gasteiger charge is -2.24. The van der Waals surface area contributed by atoms with Crippen LogP contribution >= 0.6 is 0 Å². The second kappa shape index (κ2) is 7.01. The number of nitrogens with zero attached hydrogens (tertiary/aromatic N) is 2. The highest BCUT2D eigenvalue weighted by Gasteiger charge is 2.28. The molecule has 1 fully saturated rings. The van der Waals surface area contributed by atoms with Gasteiger partial charge in [-0.25, -0.2) is 4.79 Å². The molecule has 0 N–H and O–H groups in total. The predicted molar refractivity (Wildman–Crippen MR) is 86.1 cm³/mol. The predicted octanol–water partition coefficient (Wildman–Crippen LogP) is 2.88. The minimum Gasteiger partial charge on any atom is -0.492 e. The van der Waals surface area contributed by atoms with Gasteiger partial charge in [-0.3, -0.25) is 9.80 Å². The molecule has 5 heteroatoms. The number of aryl methyl sites for hydroxylation is 1. The molecule has 1 aromatic rings. The first-order chi connectivity index (χ1) is 10.3. The number of rotatable bonds is 4. The van der Waals surface area contributed by atoms with E-state index in [9.17, 15) is 4.79 Å². The van der Waals surface area contributed by atoms with Gasteiger partial charge in [0.2, 0.25) is 0 Å². The van der Waals surface area contributed by atoms with Crippen molar-refractivity contribution in [3.05, 3.63) is 29.8 Å². The molecule has 5 nitrogen and oxygen atoms in total. The molecular formula is C17H26N2O3. The number of carbonyl (C=O) groups excluding carboxylic acids is 1. The van der Waals surface area contributed by atoms with E-state index in [2.05, 4.69) is 4.90 Å². The van der Waals surface area contributed by atoms with Crippen LogP contribution in [0.15, 0.2) is 24.3 Å². The van der Waals surface area contributed by atoms with Crippen LogP contribution in [-0.2, 0) is 4.74 Å². The molecule has 22 heavy (non-hydrogen) atoms. The molecule has 1 aliphatic rings. The van der Waals surface area contributed by atoms with E-state index in [1.165, 1.54) is 0 Å². The number of hydrogen-bond donors (Lipinski definition) is 0. The molecule has 0 atom stereocenters. The van der Waals surface area contributed by atoms with Gasteiger partial charge in [-0.05, 0) is 39.3 Å². The molecule has 1 aliphatic heterocycles. The summed E-state index contributed by atoms with van der Waals surface area (Å²) in [5, 5.41) is 0. The van der Waals surface area contributed by atoms with Crippen molar-refractivity contribution in [1.29, 1.82) is 0 Å². The van der Waals surface area contributed by atoms with Crippen LogP contribution in [0.4, 0.5) is 4.79 Å². The highest BCUT2D eigenvalue weighted by atomic mass is 16.6. The summed E-state index contributed by atoms with van der Waals surface area (Å²) in [5.41, 5.74) is 0.692. The fourth-order valence-electron chi connectivity index (χ4n) is 2.31. The third kappa shape index (κ3) is 4.91. The van der Waals surface area contributed by atoms with Gasteiger partial charge in [-0.2, -0.15) is 0 Å². The molecule has 122 valence electrons. The molecule has 0 unspecified atom stereocenters. The monoisotopic (exact) mass is 306 g/mol. The molecule has 0 bridgehead atoms. The minimum absolute atomic E-state index is 0.241. The maximum Gasteiger partial charge on any atom is 0.411 e. The lowest BCUT2D eigenvalue weighted by molar-refractivity contribution is 0.0262. The second-order valence-corrected chi connectivity index (χ2v) is 6.62. The number of ether oxygens (including phenoxy) is 2. The van der Waals surface area contributed by atoms with Gasteiger partial charge in [-0.15, -0.1) is 0 Å². The smallest absolute Gasteiger partial charge is 0.411 e. The van der Waals surface area contributed by atoms with Gasteiger partial charge in [0.05, 0.1) is 6.67 Å². The van der Waals surface area contributed by atoms with E-state index >= 15 is 0 Å². The topological polar surface area (TPSA) is 42.0 Å². The van der Waals surface area contributed by atoms with E-state index in [1.54, 1.807) is 4.90 Å². The largest absolute Gasteiger partial charge is 0.492 e. The number of carbonyl (C=O) groups is 1. The van der Waals surface area contributed by atoms with E-state index in [4.69, 9.17) is 9.47 Å². The fraction of sp³-hybridized carbons (Fsp3) is 0.588. The fourth-order valence-corrected chi connectivity index (χ4v) is 2.31. The summed E-state index contributed by atoms with van der Waals surface area (Å²) in [5.74, 6) is 0.922. The second-order valence-electron chi connectivity index (χ2n) is 6.62. The Hall–Kier alpha value is -1.75. The number of para-hydroxylation sites is 1. The van der Waals surface area contributed by atoms with Crippen LogP contribution in [0.25, 0.3) is 0 Å². The zero-order chi connectivity index (χ0) is 16.2. The Labute approximate surface area is 132 Å². The van der Waals surface area contributed by atoms with Crippen molar-refractivity contribution in [2.75, 3.05) is 32.9 Å². The third-order valence-corrected chi connectivity index (χ3v) is 3.47. The van der Waals surface area contributed by atoms with E-state index in [0.717, 1.165) is 24.4 Å². The Morgan fingerprint density at radius 2 is 1.95 bits per heavy atom. The van der Waals surface area contributed by atoms with Gasteiger partial charge in [0.1, 0.15) is 18.0 Å². The van der Waals surface area contributed by atoms with E-state index in [1.807, 2.05) is 52.0 Å². The van der Waals surface area contributed by atoms with Crippen LogP contribution in [0.2, 0.25) is 0 Å². The van der Waals surface area contributed by atoms with E-state index in [-0.39, 0.29) is 6.09 Å². The summed E-state index contributed by atoms with van der Waals surface area (Å²) in [6.07, 6.45) is -0.241. The number of benzene rings is 1. The summed E-state index contributed by atoms with van der Waals surface area (Å²) < 4.78 is 11.2. The SMILES string of the molecule is Cc1ccccc1OCCN1CCN(C(=O)OC(C)(C)C)C1. The van der Waals surface area contributed by atoms with E-state index in [0.29, 0.717) is 19.8 Å². The Kier molecular flexibility index (Phi) is 5.29. The van der Waals surface area contributed by atoms with Crippen LogP contribution in [-0.4, -0.2) is 54.4 Å². The third-order valence-electron chi connectivity index (χ3n) is 3.47. The summed E-state index contributed by atoms with van der Waals surface area (Å²) in [4.78, 5) is 15.9. The Balaban J connectivity index is 1.73. The molecule has 1 saturated heterocycles. The zero-order valence-electron chi connectivity index (χ0n) is 14.0. The van der Waals surface area contributed by atoms with Crippen LogP contribution in [0, 0.1) is 6.92 Å². The van der Waals surface area contributed by atoms with Gasteiger partial charge in [0, 0.05) is 19.6 Å². The number of amides is 1. The summed E-state index contributed by atoms with van der Waals surface area (Å²) in [6, 6.07) is 7.99. The molecule has 1 heterocycles. The van der Waals surface area contributed by atoms with Gasteiger partial charge >= 0.3 is 6.09 Å². The highest BCUT2D eigenvalue weighted by molar-refractivity contribution is 5.68. The van der Waals surface area contributed by atoms with Crippen LogP contribution < -0.4 is 4.74 Å². The number of hydrogen-bond acceptors (Lipinski definition) is 4. The molecule has 0 radical (unpaired) electrons. The average molecular weight is 306 g/mol. The van der Waals surface area contributed by atoms with Crippen molar-refractivity contribution < 1.29 is 14.3 Å². The molecule has 0 aliphatic carbocycles. The van der Waals surface area contributed by atoms with Crippen molar-refractivity contribution in [3.63, 3.8) is 0 Å². The molecule has 1 aromatic carbocycles. The normalized spacial score (nSPS) is 15.9. The molecule has 2 rings (SSSR count). The highest BCUT2D eigenvalue weighted by Crippen LogP contribution is 2.17. The van der Waals surface area contributed by atoms with Crippen LogP contribution in [0.5, 0.6) is 5.75 Å². The maximum absolute atomic E-state index is 12.0. The van der Waals surface area contributed by atoms with Crippen molar-refractivity contribution in [2.45, 2.75) is 33.3 Å². The summed E-state index contributed by atoms with van der Waals surface area (Å²) in [7, 11) is 0. The van der Waals surface area contributed by atoms with Crippen LogP contribution in [0.3, 0.4) is 0 Å². The Bertz CT molecular complexity index is 511. The molecule has 1 amide bonds. The van der Waals surface area contributed by atoms with Gasteiger partial charge in [-0.1, -0.05) is 18.2 Å². The first kappa shape index (κ1) is 16.6. The Morgan fingerprint density at radius 3 is 2.64 bits per heavy atom. The first-order valence-electron chi connectivity index (χ1n) is 7.74. The average Bonchev–Trinajstić information content (AvgIpc) is 2.88. The minimum atomic E-state index is -0.446. The molecule has 0 aromatic heterocycles. The quantitative estimate of drug-likeness (QED) is 0.858. The van der Waals surface area contributed by atoms with Crippen molar-refractivity contribution in [3.8, 4) is 5.75 Å². The lowest BCUT2D eigenvalue weighted by Crippen LogP contribution is -2.37. The molecule has 0 saturated carbocycles. The lowest BCUT2D eigenvalue weighted by atomic mass is 10.2. The van der Waals surface area contributed by atoms with Crippen molar-refractivity contribution in [1.82, 2.24) is 9.80 Å². The molecular weight excluding hydrogens is 280 g/mol. The molecule has 0 spiro atoms. The van der Waals surface area contributed by atoms with Gasteiger partial charge < -0.3 is 9.47 Å². The first-order valence-corrected chi connectivity index (χ1v) is 7.74. The standard InChI is InChI=1S/C17H26N2O3/c1-14-7-5-6-8-15(14)21-12-11-18-9-10-19(13-18)16(20)22-17(2,3)4/h5-8H,9-13H2,1-4H3. The summed E-state index contributed by atoms with van der Waals surface area (Å²) >= 11 is 0. The van der Waals surface area contributed by atoms with Gasteiger partial charge in [0.15, 0.2) is 0 Å². The van der Waals surface area contributed by atoms with Crippen molar-refractivity contribution >= 4 is 6.09 Å².